The fourth-order valence-corrected chi connectivity index (χ4v) is 9.28. The van der Waals surface area contributed by atoms with E-state index in [-0.39, 0.29) is 0 Å². The van der Waals surface area contributed by atoms with E-state index in [9.17, 15) is 0 Å². The highest BCUT2D eigenvalue weighted by molar-refractivity contribution is 5.78. The van der Waals surface area contributed by atoms with E-state index in [2.05, 4.69) is 45.1 Å². The summed E-state index contributed by atoms with van der Waals surface area (Å²) in [6, 6.07) is 0. The first-order valence-electron chi connectivity index (χ1n) is 13.7. The van der Waals surface area contributed by atoms with E-state index in [4.69, 9.17) is 0 Å². The summed E-state index contributed by atoms with van der Waals surface area (Å²) in [6.45, 7) is 12.8. The smallest absolute Gasteiger partial charge is 0.0358 e. The van der Waals surface area contributed by atoms with Crippen molar-refractivity contribution >= 4 is 5.71 Å². The van der Waals surface area contributed by atoms with Gasteiger partial charge >= 0.3 is 0 Å². The summed E-state index contributed by atoms with van der Waals surface area (Å²) in [5.74, 6) is 7.97. The fraction of sp³-hybridized carbons (Fsp3) is 0.964. The number of fused-ring (bicyclic) bond motifs is 5. The molecule has 30 heavy (non-hydrogen) atoms. The van der Waals surface area contributed by atoms with Crippen LogP contribution in [-0.4, -0.2) is 12.3 Å². The van der Waals surface area contributed by atoms with Gasteiger partial charge in [0.1, 0.15) is 0 Å². The highest BCUT2D eigenvalue weighted by atomic mass is 15.3. The first-order chi connectivity index (χ1) is 14.4. The van der Waals surface area contributed by atoms with Crippen LogP contribution >= 0.6 is 0 Å². The molecule has 9 unspecified atom stereocenters. The Kier molecular flexibility index (Phi) is 7.20. The molecule has 4 saturated carbocycles. The topological polar surface area (TPSA) is 24.4 Å². The summed E-state index contributed by atoms with van der Waals surface area (Å²) < 4.78 is 0. The quantitative estimate of drug-likeness (QED) is 0.350. The molecule has 2 heteroatoms. The van der Waals surface area contributed by atoms with Crippen LogP contribution < -0.4 is 5.43 Å². The van der Waals surface area contributed by atoms with Gasteiger partial charge in [-0.2, -0.15) is 5.10 Å². The molecule has 9 atom stereocenters. The maximum Gasteiger partial charge on any atom is 0.0358 e. The van der Waals surface area contributed by atoms with Gasteiger partial charge in [0.05, 0.1) is 0 Å². The second-order valence-electron chi connectivity index (χ2n) is 12.4. The summed E-state index contributed by atoms with van der Waals surface area (Å²) in [5.41, 5.74) is 5.11. The lowest BCUT2D eigenvalue weighted by atomic mass is 9.44. The van der Waals surface area contributed by atoms with Crippen LogP contribution in [0.5, 0.6) is 0 Å². The molecule has 0 aliphatic heterocycles. The lowest BCUT2D eigenvalue weighted by molar-refractivity contribution is -0.120. The summed E-state index contributed by atoms with van der Waals surface area (Å²) in [5, 5.41) is 4.48. The van der Waals surface area contributed by atoms with Crippen molar-refractivity contribution in [3.05, 3.63) is 0 Å². The van der Waals surface area contributed by atoms with Crippen molar-refractivity contribution in [2.45, 2.75) is 112 Å². The molecule has 0 radical (unpaired) electrons. The van der Waals surface area contributed by atoms with Crippen molar-refractivity contribution in [3.8, 4) is 0 Å². The molecule has 2 nitrogen and oxygen atoms in total. The predicted octanol–water partition coefficient (Wildman–Crippen LogP) is 7.68. The molecule has 0 spiro atoms. The van der Waals surface area contributed by atoms with Gasteiger partial charge in [-0.05, 0) is 118 Å². The maximum atomic E-state index is 4.48. The lowest BCUT2D eigenvalue weighted by Crippen LogP contribution is -2.54. The average molecular weight is 415 g/mol. The van der Waals surface area contributed by atoms with Crippen LogP contribution in [0.3, 0.4) is 0 Å². The molecule has 0 aromatic carbocycles. The minimum absolute atomic E-state index is 0.581. The van der Waals surface area contributed by atoms with Crippen molar-refractivity contribution in [3.63, 3.8) is 0 Å². The standard InChI is InChI=1S/C28H50N2/c1-6-8-21-11-13-23-22(17-21)12-14-25-24(23)15-16-28(5)26(9-7-10-27(25)28)20(4)18-29-30-19(2)3/h20-27,29H,6-18H2,1-5H3. The van der Waals surface area contributed by atoms with E-state index in [1.54, 1.807) is 38.5 Å². The van der Waals surface area contributed by atoms with E-state index >= 15 is 0 Å². The maximum absolute atomic E-state index is 4.48. The van der Waals surface area contributed by atoms with Gasteiger partial charge in [0.15, 0.2) is 0 Å². The van der Waals surface area contributed by atoms with Gasteiger partial charge in [-0.3, -0.25) is 0 Å². The van der Waals surface area contributed by atoms with Gasteiger partial charge in [-0.1, -0.05) is 46.5 Å². The Balaban J connectivity index is 1.44. The highest BCUT2D eigenvalue weighted by Crippen LogP contribution is 2.64. The minimum Gasteiger partial charge on any atom is -0.310 e. The van der Waals surface area contributed by atoms with E-state index in [1.165, 1.54) is 38.5 Å². The third kappa shape index (κ3) is 4.36. The third-order valence-electron chi connectivity index (χ3n) is 10.5. The van der Waals surface area contributed by atoms with E-state index in [0.29, 0.717) is 5.41 Å². The molecule has 1 N–H and O–H groups in total. The Hall–Kier alpha value is -0.530. The van der Waals surface area contributed by atoms with Crippen molar-refractivity contribution in [2.75, 3.05) is 6.54 Å². The van der Waals surface area contributed by atoms with E-state index in [1.807, 2.05) is 0 Å². The summed E-state index contributed by atoms with van der Waals surface area (Å²) >= 11 is 0. The van der Waals surface area contributed by atoms with Crippen molar-refractivity contribution < 1.29 is 0 Å². The van der Waals surface area contributed by atoms with Gasteiger partial charge in [0.25, 0.3) is 0 Å². The van der Waals surface area contributed by atoms with Crippen LogP contribution in [0.25, 0.3) is 0 Å². The summed E-state index contributed by atoms with van der Waals surface area (Å²) in [7, 11) is 0. The Morgan fingerprint density at radius 3 is 2.57 bits per heavy atom. The normalized spacial score (nSPS) is 44.2. The molecule has 4 fully saturated rings. The first kappa shape index (κ1) is 22.7. The number of hydrogen-bond acceptors (Lipinski definition) is 2. The molecule has 4 aliphatic carbocycles. The summed E-state index contributed by atoms with van der Waals surface area (Å²) in [4.78, 5) is 0. The highest BCUT2D eigenvalue weighted by Gasteiger charge is 2.55. The number of nitrogens with one attached hydrogen (secondary N) is 1. The molecule has 172 valence electrons. The summed E-state index contributed by atoms with van der Waals surface area (Å²) in [6.07, 6.45) is 18.2. The minimum atomic E-state index is 0.581. The van der Waals surface area contributed by atoms with Gasteiger partial charge in [0, 0.05) is 12.3 Å². The zero-order chi connectivity index (χ0) is 21.3. The van der Waals surface area contributed by atoms with E-state index < -0.39 is 0 Å². The third-order valence-corrected chi connectivity index (χ3v) is 10.5. The zero-order valence-electron chi connectivity index (χ0n) is 20.8. The second kappa shape index (κ2) is 9.53. The number of rotatable bonds is 6. The van der Waals surface area contributed by atoms with Gasteiger partial charge in [-0.15, -0.1) is 0 Å². The molecule has 4 rings (SSSR count). The molecule has 0 bridgehead atoms. The average Bonchev–Trinajstić information content (AvgIpc) is 2.72. The molecule has 0 aromatic heterocycles. The van der Waals surface area contributed by atoms with Gasteiger partial charge in [-0.25, -0.2) is 0 Å². The number of nitrogens with zero attached hydrogens (tertiary/aromatic N) is 1. The molecular weight excluding hydrogens is 364 g/mol. The Morgan fingerprint density at radius 1 is 1.00 bits per heavy atom. The van der Waals surface area contributed by atoms with E-state index in [0.717, 1.165) is 59.6 Å². The van der Waals surface area contributed by atoms with Crippen LogP contribution in [0.4, 0.5) is 0 Å². The van der Waals surface area contributed by atoms with Gasteiger partial charge < -0.3 is 5.43 Å². The molecule has 0 aromatic rings. The van der Waals surface area contributed by atoms with Crippen molar-refractivity contribution in [1.82, 2.24) is 5.43 Å². The van der Waals surface area contributed by atoms with Crippen LogP contribution in [0.2, 0.25) is 0 Å². The Labute approximate surface area is 187 Å². The fourth-order valence-electron chi connectivity index (χ4n) is 9.28. The van der Waals surface area contributed by atoms with Gasteiger partial charge in [0.2, 0.25) is 0 Å². The molecular formula is C28H50N2. The Bertz CT molecular complexity index is 593. The second-order valence-corrected chi connectivity index (χ2v) is 12.4. The molecule has 0 amide bonds. The Morgan fingerprint density at radius 2 is 1.80 bits per heavy atom. The molecule has 0 saturated heterocycles. The number of hydrogen-bond donors (Lipinski definition) is 1. The van der Waals surface area contributed by atoms with Crippen LogP contribution in [0, 0.1) is 52.8 Å². The van der Waals surface area contributed by atoms with Crippen molar-refractivity contribution in [2.24, 2.45) is 57.9 Å². The van der Waals surface area contributed by atoms with Crippen LogP contribution in [-0.2, 0) is 0 Å². The zero-order valence-corrected chi connectivity index (χ0v) is 20.8. The predicted molar refractivity (Wildman–Crippen MR) is 130 cm³/mol. The van der Waals surface area contributed by atoms with Crippen LogP contribution in [0.1, 0.15) is 112 Å². The molecule has 0 heterocycles. The van der Waals surface area contributed by atoms with Crippen molar-refractivity contribution in [1.29, 1.82) is 0 Å². The first-order valence-corrected chi connectivity index (χ1v) is 13.7. The number of hydrazone groups is 1. The largest absolute Gasteiger partial charge is 0.310 e. The monoisotopic (exact) mass is 414 g/mol. The van der Waals surface area contributed by atoms with Crippen LogP contribution in [0.15, 0.2) is 5.10 Å². The SMILES string of the molecule is CCCC1CCC2C(CCC3C2CCC2(C)C(C(C)CNN=C(C)C)CCCC32)C1. The molecule has 4 aliphatic rings. The lowest BCUT2D eigenvalue weighted by Gasteiger charge is -2.61.